The summed E-state index contributed by atoms with van der Waals surface area (Å²) in [6, 6.07) is 8.60. The normalized spacial score (nSPS) is 14.4. The molecule has 1 aliphatic rings. The molecule has 94 valence electrons. The average Bonchev–Trinajstić information content (AvgIpc) is 2.92. The number of hydrogen-bond donors (Lipinski definition) is 2. The topological polar surface area (TPSA) is 37.2 Å². The van der Waals surface area contributed by atoms with E-state index in [0.29, 0.717) is 0 Å². The molecule has 0 saturated heterocycles. The highest BCUT2D eigenvalue weighted by molar-refractivity contribution is 5.37. The number of nitrogens with one attached hydrogen (secondary N) is 2. The molecule has 0 unspecified atom stereocenters. The lowest BCUT2D eigenvalue weighted by Crippen LogP contribution is -2.25. The van der Waals surface area contributed by atoms with Crippen molar-refractivity contribution in [1.29, 1.82) is 0 Å². The van der Waals surface area contributed by atoms with E-state index in [1.165, 1.54) is 22.3 Å². The molecule has 1 aromatic carbocycles. The van der Waals surface area contributed by atoms with E-state index in [9.17, 15) is 0 Å². The van der Waals surface area contributed by atoms with Crippen LogP contribution < -0.4 is 10.6 Å². The number of rotatable bonds is 4. The van der Waals surface area contributed by atoms with Gasteiger partial charge in [0.2, 0.25) is 0 Å². The minimum atomic E-state index is 0.860. The Morgan fingerprint density at radius 2 is 2.22 bits per heavy atom. The number of benzene rings is 1. The number of fused-ring (bicyclic) bond motifs is 1. The van der Waals surface area contributed by atoms with Crippen LogP contribution in [0.2, 0.25) is 0 Å². The van der Waals surface area contributed by atoms with Gasteiger partial charge in [0.25, 0.3) is 0 Å². The van der Waals surface area contributed by atoms with Gasteiger partial charge in [0, 0.05) is 25.2 Å². The van der Waals surface area contributed by atoms with Crippen molar-refractivity contribution in [3.05, 3.63) is 59.0 Å². The van der Waals surface area contributed by atoms with E-state index < -0.39 is 0 Å². The van der Waals surface area contributed by atoms with Gasteiger partial charge in [-0.2, -0.15) is 0 Å². The highest BCUT2D eigenvalue weighted by Crippen LogP contribution is 2.18. The Hall–Kier alpha value is -1.58. The quantitative estimate of drug-likeness (QED) is 0.863. The second-order valence-corrected chi connectivity index (χ2v) is 4.72. The maximum absolute atomic E-state index is 5.06. The molecule has 0 spiro atoms. The standard InChI is InChI=1S/C15H18N2O/c1-2-13-9-16-6-4-15(13)14(3-1)10-17-8-12-5-7-18-11-12/h1-3,5,7,11,16-17H,4,6,8-10H2. The van der Waals surface area contributed by atoms with Gasteiger partial charge in [-0.25, -0.2) is 0 Å². The summed E-state index contributed by atoms with van der Waals surface area (Å²) in [5.41, 5.74) is 5.60. The zero-order valence-electron chi connectivity index (χ0n) is 10.4. The van der Waals surface area contributed by atoms with Crippen LogP contribution in [-0.4, -0.2) is 6.54 Å². The summed E-state index contributed by atoms with van der Waals surface area (Å²) in [6.45, 7) is 3.88. The molecular weight excluding hydrogens is 224 g/mol. The third-order valence-electron chi connectivity index (χ3n) is 3.46. The molecule has 1 aliphatic heterocycles. The lowest BCUT2D eigenvalue weighted by atomic mass is 9.95. The summed E-state index contributed by atoms with van der Waals surface area (Å²) >= 11 is 0. The highest BCUT2D eigenvalue weighted by atomic mass is 16.3. The van der Waals surface area contributed by atoms with Gasteiger partial charge in [0.1, 0.15) is 0 Å². The fourth-order valence-corrected chi connectivity index (χ4v) is 2.51. The van der Waals surface area contributed by atoms with Gasteiger partial charge in [-0.05, 0) is 35.7 Å². The van der Waals surface area contributed by atoms with Gasteiger partial charge in [0.05, 0.1) is 12.5 Å². The molecular formula is C15H18N2O. The second-order valence-electron chi connectivity index (χ2n) is 4.72. The van der Waals surface area contributed by atoms with Crippen molar-refractivity contribution in [2.45, 2.75) is 26.1 Å². The summed E-state index contributed by atoms with van der Waals surface area (Å²) < 4.78 is 5.06. The van der Waals surface area contributed by atoms with Crippen LogP contribution >= 0.6 is 0 Å². The van der Waals surface area contributed by atoms with Crippen LogP contribution in [0, 0.1) is 0 Å². The van der Waals surface area contributed by atoms with E-state index in [0.717, 1.165) is 32.6 Å². The maximum Gasteiger partial charge on any atom is 0.0947 e. The predicted octanol–water partition coefficient (Wildman–Crippen LogP) is 2.22. The first-order chi connectivity index (χ1) is 8.93. The van der Waals surface area contributed by atoms with Crippen LogP contribution in [0.15, 0.2) is 41.2 Å². The van der Waals surface area contributed by atoms with Gasteiger partial charge in [-0.3, -0.25) is 0 Å². The van der Waals surface area contributed by atoms with Crippen molar-refractivity contribution in [2.75, 3.05) is 6.54 Å². The fraction of sp³-hybridized carbons (Fsp3) is 0.333. The van der Waals surface area contributed by atoms with E-state index in [-0.39, 0.29) is 0 Å². The van der Waals surface area contributed by atoms with Crippen molar-refractivity contribution >= 4 is 0 Å². The molecule has 0 aliphatic carbocycles. The molecule has 3 nitrogen and oxygen atoms in total. The summed E-state index contributed by atoms with van der Waals surface area (Å²) in [6.07, 6.45) is 4.64. The van der Waals surface area contributed by atoms with Crippen molar-refractivity contribution < 1.29 is 4.42 Å². The first-order valence-corrected chi connectivity index (χ1v) is 6.45. The molecule has 0 atom stereocenters. The van der Waals surface area contributed by atoms with Crippen molar-refractivity contribution in [2.24, 2.45) is 0 Å². The highest BCUT2D eigenvalue weighted by Gasteiger charge is 2.11. The van der Waals surface area contributed by atoms with Crippen LogP contribution in [0.5, 0.6) is 0 Å². The number of furan rings is 1. The van der Waals surface area contributed by atoms with E-state index in [2.05, 4.69) is 28.8 Å². The first kappa shape index (κ1) is 11.5. The Morgan fingerprint density at radius 1 is 1.22 bits per heavy atom. The van der Waals surface area contributed by atoms with Gasteiger partial charge < -0.3 is 15.1 Å². The van der Waals surface area contributed by atoms with Crippen molar-refractivity contribution in [3.63, 3.8) is 0 Å². The van der Waals surface area contributed by atoms with Gasteiger partial charge in [-0.1, -0.05) is 18.2 Å². The molecule has 0 fully saturated rings. The summed E-state index contributed by atoms with van der Waals surface area (Å²) in [5.74, 6) is 0. The van der Waals surface area contributed by atoms with Crippen LogP contribution in [-0.2, 0) is 26.1 Å². The lowest BCUT2D eigenvalue weighted by Gasteiger charge is -2.20. The smallest absolute Gasteiger partial charge is 0.0947 e. The van der Waals surface area contributed by atoms with E-state index in [1.54, 1.807) is 12.5 Å². The monoisotopic (exact) mass is 242 g/mol. The van der Waals surface area contributed by atoms with E-state index in [1.807, 2.05) is 6.07 Å². The third kappa shape index (κ3) is 2.47. The molecule has 3 rings (SSSR count). The van der Waals surface area contributed by atoms with Crippen LogP contribution in [0.4, 0.5) is 0 Å². The molecule has 2 N–H and O–H groups in total. The number of hydrogen-bond acceptors (Lipinski definition) is 3. The lowest BCUT2D eigenvalue weighted by molar-refractivity contribution is 0.560. The molecule has 0 bridgehead atoms. The molecule has 2 heterocycles. The first-order valence-electron chi connectivity index (χ1n) is 6.45. The van der Waals surface area contributed by atoms with Gasteiger partial charge >= 0.3 is 0 Å². The minimum Gasteiger partial charge on any atom is -0.472 e. The Kier molecular flexibility index (Phi) is 3.44. The maximum atomic E-state index is 5.06. The summed E-state index contributed by atoms with van der Waals surface area (Å²) in [4.78, 5) is 0. The van der Waals surface area contributed by atoms with Crippen molar-refractivity contribution in [1.82, 2.24) is 10.6 Å². The Morgan fingerprint density at radius 3 is 3.11 bits per heavy atom. The Bertz CT molecular complexity index is 505. The van der Waals surface area contributed by atoms with Crippen LogP contribution in [0.1, 0.15) is 22.3 Å². The predicted molar refractivity (Wildman–Crippen MR) is 71.1 cm³/mol. The molecule has 18 heavy (non-hydrogen) atoms. The molecule has 0 amide bonds. The SMILES string of the molecule is c1cc2c(c(CNCc3ccoc3)c1)CCNC2. The molecule has 1 aromatic heterocycles. The largest absolute Gasteiger partial charge is 0.472 e. The average molecular weight is 242 g/mol. The zero-order chi connectivity index (χ0) is 12.2. The fourth-order valence-electron chi connectivity index (χ4n) is 2.51. The second kappa shape index (κ2) is 5.38. The molecule has 3 heteroatoms. The molecule has 2 aromatic rings. The summed E-state index contributed by atoms with van der Waals surface area (Å²) in [7, 11) is 0. The zero-order valence-corrected chi connectivity index (χ0v) is 10.4. The van der Waals surface area contributed by atoms with E-state index >= 15 is 0 Å². The van der Waals surface area contributed by atoms with Gasteiger partial charge in [-0.15, -0.1) is 0 Å². The molecule has 0 saturated carbocycles. The molecule has 0 radical (unpaired) electrons. The van der Waals surface area contributed by atoms with Gasteiger partial charge in [0.15, 0.2) is 0 Å². The Labute approximate surface area is 107 Å². The van der Waals surface area contributed by atoms with Crippen molar-refractivity contribution in [3.8, 4) is 0 Å². The Balaban J connectivity index is 1.65. The summed E-state index contributed by atoms with van der Waals surface area (Å²) in [5, 5.41) is 6.89. The van der Waals surface area contributed by atoms with E-state index in [4.69, 9.17) is 4.42 Å². The third-order valence-corrected chi connectivity index (χ3v) is 3.46. The minimum absolute atomic E-state index is 0.860. The van der Waals surface area contributed by atoms with Crippen LogP contribution in [0.25, 0.3) is 0 Å². The van der Waals surface area contributed by atoms with Crippen LogP contribution in [0.3, 0.4) is 0 Å².